The van der Waals surface area contributed by atoms with Gasteiger partial charge in [0.2, 0.25) is 0 Å². The molecule has 5 nitrogen and oxygen atoms in total. The average molecular weight is 342 g/mol. The standard InChI is InChI=1S/C17H24F2N2O3/c1-11-7-15(12(2)24-11)16(23)20-5-3-13(4-6-20)21-10-17(18,19)8-14(21)9-22/h7,13-14,22H,3-6,8-10H2,1-2H3/t14-/m0/s1. The molecule has 7 heteroatoms. The van der Waals surface area contributed by atoms with E-state index in [-0.39, 0.29) is 31.5 Å². The van der Waals surface area contributed by atoms with Crippen molar-refractivity contribution in [2.75, 3.05) is 26.2 Å². The monoisotopic (exact) mass is 342 g/mol. The van der Waals surface area contributed by atoms with Gasteiger partial charge in [0.05, 0.1) is 18.7 Å². The summed E-state index contributed by atoms with van der Waals surface area (Å²) in [4.78, 5) is 16.1. The van der Waals surface area contributed by atoms with Crippen LogP contribution in [0.15, 0.2) is 10.5 Å². The highest BCUT2D eigenvalue weighted by molar-refractivity contribution is 5.95. The number of halogens is 2. The van der Waals surface area contributed by atoms with Crippen molar-refractivity contribution >= 4 is 5.91 Å². The number of rotatable bonds is 3. The molecule has 2 aliphatic rings. The minimum atomic E-state index is -2.73. The second-order valence-electron chi connectivity index (χ2n) is 6.92. The van der Waals surface area contributed by atoms with Crippen LogP contribution in [0.2, 0.25) is 0 Å². The molecule has 0 unspecified atom stereocenters. The molecular formula is C17H24F2N2O3. The van der Waals surface area contributed by atoms with Crippen LogP contribution < -0.4 is 0 Å². The molecule has 1 N–H and O–H groups in total. The summed E-state index contributed by atoms with van der Waals surface area (Å²) in [6.07, 6.45) is 1.01. The predicted octanol–water partition coefficient (Wildman–Crippen LogP) is 2.20. The van der Waals surface area contributed by atoms with Gasteiger partial charge in [-0.25, -0.2) is 8.78 Å². The maximum Gasteiger partial charge on any atom is 0.262 e. The normalized spacial score (nSPS) is 25.4. The number of piperidine rings is 1. The third-order valence-corrected chi connectivity index (χ3v) is 5.12. The van der Waals surface area contributed by atoms with E-state index >= 15 is 0 Å². The van der Waals surface area contributed by atoms with Gasteiger partial charge in [0, 0.05) is 31.6 Å². The van der Waals surface area contributed by atoms with Crippen molar-refractivity contribution in [3.8, 4) is 0 Å². The van der Waals surface area contributed by atoms with E-state index in [0.717, 1.165) is 0 Å². The molecule has 0 aromatic carbocycles. The van der Waals surface area contributed by atoms with Gasteiger partial charge >= 0.3 is 0 Å². The van der Waals surface area contributed by atoms with E-state index in [1.807, 2.05) is 0 Å². The number of nitrogens with zero attached hydrogens (tertiary/aromatic N) is 2. The zero-order valence-electron chi connectivity index (χ0n) is 14.1. The number of aliphatic hydroxyl groups excluding tert-OH is 1. The molecule has 0 aliphatic carbocycles. The summed E-state index contributed by atoms with van der Waals surface area (Å²) in [6.45, 7) is 4.10. The molecule has 3 heterocycles. The number of furan rings is 1. The van der Waals surface area contributed by atoms with E-state index in [9.17, 15) is 18.7 Å². The Bertz CT molecular complexity index is 609. The first-order valence-corrected chi connectivity index (χ1v) is 8.41. The summed E-state index contributed by atoms with van der Waals surface area (Å²) in [6, 6.07) is 1.25. The van der Waals surface area contributed by atoms with Gasteiger partial charge in [-0.15, -0.1) is 0 Å². The van der Waals surface area contributed by atoms with Crippen LogP contribution in [-0.4, -0.2) is 65.1 Å². The SMILES string of the molecule is Cc1cc(C(=O)N2CCC(N3CC(F)(F)C[C@H]3CO)CC2)c(C)o1. The summed E-state index contributed by atoms with van der Waals surface area (Å²) < 4.78 is 32.7. The number of amides is 1. The quantitative estimate of drug-likeness (QED) is 0.915. The van der Waals surface area contributed by atoms with Gasteiger partial charge in [-0.3, -0.25) is 9.69 Å². The highest BCUT2D eigenvalue weighted by atomic mass is 19.3. The molecule has 24 heavy (non-hydrogen) atoms. The minimum absolute atomic E-state index is 0.00763. The summed E-state index contributed by atoms with van der Waals surface area (Å²) in [5.41, 5.74) is 0.576. The van der Waals surface area contributed by atoms with Crippen molar-refractivity contribution in [1.82, 2.24) is 9.80 Å². The Balaban J connectivity index is 1.62. The molecule has 3 rings (SSSR count). The zero-order valence-corrected chi connectivity index (χ0v) is 14.1. The molecular weight excluding hydrogens is 318 g/mol. The number of aryl methyl sites for hydroxylation is 2. The molecule has 1 aromatic heterocycles. The number of likely N-dealkylation sites (tertiary alicyclic amines) is 2. The lowest BCUT2D eigenvalue weighted by atomic mass is 10.0. The number of carbonyl (C=O) groups excluding carboxylic acids is 1. The fraction of sp³-hybridized carbons (Fsp3) is 0.706. The van der Waals surface area contributed by atoms with Crippen molar-refractivity contribution in [2.45, 2.75) is 51.1 Å². The number of alkyl halides is 2. The Morgan fingerprint density at radius 2 is 2.04 bits per heavy atom. The van der Waals surface area contributed by atoms with Crippen molar-refractivity contribution in [3.05, 3.63) is 23.2 Å². The van der Waals surface area contributed by atoms with Crippen LogP contribution in [0.5, 0.6) is 0 Å². The number of aliphatic hydroxyl groups is 1. The number of carbonyl (C=O) groups is 1. The van der Waals surface area contributed by atoms with E-state index in [0.29, 0.717) is 43.0 Å². The van der Waals surface area contributed by atoms with E-state index in [1.54, 1.807) is 29.7 Å². The van der Waals surface area contributed by atoms with Gasteiger partial charge in [-0.2, -0.15) is 0 Å². The van der Waals surface area contributed by atoms with Gasteiger partial charge in [-0.1, -0.05) is 0 Å². The highest BCUT2D eigenvalue weighted by Crippen LogP contribution is 2.35. The summed E-state index contributed by atoms with van der Waals surface area (Å²) in [5, 5.41) is 9.37. The molecule has 0 bridgehead atoms. The Labute approximate surface area is 140 Å². The largest absolute Gasteiger partial charge is 0.466 e. The Morgan fingerprint density at radius 3 is 2.58 bits per heavy atom. The first-order valence-electron chi connectivity index (χ1n) is 8.41. The van der Waals surface area contributed by atoms with Crippen LogP contribution in [0.1, 0.15) is 41.1 Å². The van der Waals surface area contributed by atoms with Gasteiger partial charge in [-0.05, 0) is 32.8 Å². The lowest BCUT2D eigenvalue weighted by Crippen LogP contribution is -2.49. The van der Waals surface area contributed by atoms with Crippen LogP contribution in [0.3, 0.4) is 0 Å². The molecule has 134 valence electrons. The van der Waals surface area contributed by atoms with Crippen molar-refractivity contribution in [1.29, 1.82) is 0 Å². The van der Waals surface area contributed by atoms with E-state index in [2.05, 4.69) is 0 Å². The Morgan fingerprint density at radius 1 is 1.38 bits per heavy atom. The third-order valence-electron chi connectivity index (χ3n) is 5.12. The van der Waals surface area contributed by atoms with Crippen molar-refractivity contribution in [3.63, 3.8) is 0 Å². The lowest BCUT2D eigenvalue weighted by molar-refractivity contribution is 0.00295. The van der Waals surface area contributed by atoms with Crippen molar-refractivity contribution in [2.24, 2.45) is 0 Å². The van der Waals surface area contributed by atoms with Gasteiger partial charge in [0.1, 0.15) is 11.5 Å². The highest BCUT2D eigenvalue weighted by Gasteiger charge is 2.47. The number of hydrogen-bond donors (Lipinski definition) is 1. The number of hydrogen-bond acceptors (Lipinski definition) is 4. The van der Waals surface area contributed by atoms with Crippen LogP contribution in [0, 0.1) is 13.8 Å². The van der Waals surface area contributed by atoms with Gasteiger partial charge < -0.3 is 14.4 Å². The van der Waals surface area contributed by atoms with Gasteiger partial charge in [0.15, 0.2) is 0 Å². The molecule has 2 aliphatic heterocycles. The van der Waals surface area contributed by atoms with Crippen LogP contribution in [0.25, 0.3) is 0 Å². The average Bonchev–Trinajstić information content (AvgIpc) is 3.04. The molecule has 1 aromatic rings. The summed E-state index contributed by atoms with van der Waals surface area (Å²) >= 11 is 0. The maximum absolute atomic E-state index is 13.6. The molecule has 2 fully saturated rings. The minimum Gasteiger partial charge on any atom is -0.466 e. The van der Waals surface area contributed by atoms with Crippen LogP contribution in [0.4, 0.5) is 8.78 Å². The molecule has 0 saturated carbocycles. The molecule has 2 saturated heterocycles. The fourth-order valence-electron chi connectivity index (χ4n) is 3.93. The molecule has 1 amide bonds. The second kappa shape index (κ2) is 6.44. The second-order valence-corrected chi connectivity index (χ2v) is 6.92. The van der Waals surface area contributed by atoms with Crippen LogP contribution in [-0.2, 0) is 0 Å². The summed E-state index contributed by atoms with van der Waals surface area (Å²) in [7, 11) is 0. The van der Waals surface area contributed by atoms with E-state index in [4.69, 9.17) is 4.42 Å². The van der Waals surface area contributed by atoms with Crippen molar-refractivity contribution < 1.29 is 23.1 Å². The summed E-state index contributed by atoms with van der Waals surface area (Å²) in [5.74, 6) is -1.48. The molecule has 0 radical (unpaired) electrons. The van der Waals surface area contributed by atoms with Crippen LogP contribution >= 0.6 is 0 Å². The fourth-order valence-corrected chi connectivity index (χ4v) is 3.93. The molecule has 0 spiro atoms. The Hall–Kier alpha value is -1.47. The smallest absolute Gasteiger partial charge is 0.262 e. The lowest BCUT2D eigenvalue weighted by Gasteiger charge is -2.38. The van der Waals surface area contributed by atoms with Gasteiger partial charge in [0.25, 0.3) is 11.8 Å². The first-order chi connectivity index (χ1) is 11.3. The van der Waals surface area contributed by atoms with E-state index in [1.165, 1.54) is 0 Å². The van der Waals surface area contributed by atoms with E-state index < -0.39 is 12.0 Å². The maximum atomic E-state index is 13.6. The zero-order chi connectivity index (χ0) is 17.5. The molecule has 1 atom stereocenters. The third kappa shape index (κ3) is 3.32. The first kappa shape index (κ1) is 17.4. The topological polar surface area (TPSA) is 56.9 Å². The predicted molar refractivity (Wildman–Crippen MR) is 84.3 cm³/mol. The Kier molecular flexibility index (Phi) is 4.66.